The molecule has 2 aromatic carbocycles. The van der Waals surface area contributed by atoms with Gasteiger partial charge in [-0.3, -0.25) is 0 Å². The molecule has 2 atom stereocenters. The van der Waals surface area contributed by atoms with Crippen LogP contribution in [0, 0.1) is 0 Å². The van der Waals surface area contributed by atoms with Crippen LogP contribution >= 0.6 is 11.6 Å². The van der Waals surface area contributed by atoms with Crippen LogP contribution in [0.1, 0.15) is 24.2 Å². The van der Waals surface area contributed by atoms with E-state index in [1.807, 2.05) is 19.1 Å². The Labute approximate surface area is 195 Å². The highest BCUT2D eigenvalue weighted by molar-refractivity contribution is 6.30. The first-order chi connectivity index (χ1) is 15.8. The monoisotopic (exact) mass is 475 g/mol. The number of nitrogens with zero attached hydrogens (tertiary/aromatic N) is 1. The fraction of sp³-hybridized carbons (Fsp3) is 0.348. The normalized spacial score (nSPS) is 19.1. The van der Waals surface area contributed by atoms with E-state index < -0.39 is 29.9 Å². The van der Waals surface area contributed by atoms with Crippen molar-refractivity contribution in [3.8, 4) is 11.5 Å². The highest BCUT2D eigenvalue weighted by Crippen LogP contribution is 2.41. The van der Waals surface area contributed by atoms with E-state index in [0.717, 1.165) is 25.3 Å². The van der Waals surface area contributed by atoms with E-state index in [0.29, 0.717) is 18.0 Å². The van der Waals surface area contributed by atoms with Gasteiger partial charge < -0.3 is 28.6 Å². The molecule has 33 heavy (non-hydrogen) atoms. The highest BCUT2D eigenvalue weighted by Gasteiger charge is 2.59. The van der Waals surface area contributed by atoms with Gasteiger partial charge in [0.2, 0.25) is 0 Å². The molecule has 1 saturated heterocycles. The van der Waals surface area contributed by atoms with E-state index >= 15 is 0 Å². The molecule has 0 aromatic heterocycles. The lowest BCUT2D eigenvalue weighted by Crippen LogP contribution is -2.55. The lowest BCUT2D eigenvalue weighted by Gasteiger charge is -2.22. The molecule has 10 heteroatoms. The molecule has 1 fully saturated rings. The minimum atomic E-state index is -2.35. The minimum Gasteiger partial charge on any atom is -0.463 e. The average Bonchev–Trinajstić information content (AvgIpc) is 3.39. The number of hydrogen-bond acceptors (Lipinski definition) is 8. The fourth-order valence-electron chi connectivity index (χ4n) is 3.86. The average molecular weight is 476 g/mol. The maximum Gasteiger partial charge on any atom is 0.453 e. The van der Waals surface area contributed by atoms with Gasteiger partial charge in [0.25, 0.3) is 0 Å². The van der Waals surface area contributed by atoms with Gasteiger partial charge in [0.1, 0.15) is 6.10 Å². The molecule has 4 rings (SSSR count). The number of ether oxygens (including phenoxy) is 5. The third kappa shape index (κ3) is 4.16. The van der Waals surface area contributed by atoms with Gasteiger partial charge in [-0.15, -0.1) is 0 Å². The van der Waals surface area contributed by atoms with Crippen molar-refractivity contribution < 1.29 is 38.1 Å². The molecule has 2 aliphatic heterocycles. The van der Waals surface area contributed by atoms with E-state index in [4.69, 9.17) is 25.8 Å². The summed E-state index contributed by atoms with van der Waals surface area (Å²) in [6, 6.07) is 12.0. The lowest BCUT2D eigenvalue weighted by atomic mass is 10.0. The Morgan fingerprint density at radius 1 is 1.12 bits per heavy atom. The van der Waals surface area contributed by atoms with Gasteiger partial charge in [-0.1, -0.05) is 29.8 Å². The molecule has 2 heterocycles. The second-order valence-corrected chi connectivity index (χ2v) is 8.15. The van der Waals surface area contributed by atoms with Gasteiger partial charge in [0, 0.05) is 11.1 Å². The summed E-state index contributed by atoms with van der Waals surface area (Å²) in [7, 11) is 2.23. The number of methoxy groups -OCH3 is 2. The zero-order valence-electron chi connectivity index (χ0n) is 18.2. The number of halogens is 1. The summed E-state index contributed by atoms with van der Waals surface area (Å²) in [4.78, 5) is 38.5. The number of amides is 1. The third-order valence-corrected chi connectivity index (χ3v) is 5.78. The topological polar surface area (TPSA) is 101 Å². The SMILES string of the molecule is COC(=O)C1(C(=O)OC)Oc2ccc(CC(C)N3CC(c4cccc(Cl)c4)OC3=O)cc2O1. The van der Waals surface area contributed by atoms with E-state index in [-0.39, 0.29) is 17.5 Å². The van der Waals surface area contributed by atoms with Crippen LogP contribution in [-0.4, -0.2) is 55.5 Å². The van der Waals surface area contributed by atoms with Gasteiger partial charge >= 0.3 is 23.8 Å². The van der Waals surface area contributed by atoms with Crippen LogP contribution in [0.4, 0.5) is 4.79 Å². The minimum absolute atomic E-state index is 0.191. The van der Waals surface area contributed by atoms with Crippen molar-refractivity contribution in [1.82, 2.24) is 4.90 Å². The summed E-state index contributed by atoms with van der Waals surface area (Å²) in [6.45, 7) is 2.29. The number of cyclic esters (lactones) is 1. The maximum atomic E-state index is 12.5. The van der Waals surface area contributed by atoms with Crippen LogP contribution in [-0.2, 0) is 30.2 Å². The van der Waals surface area contributed by atoms with Crippen molar-refractivity contribution in [2.75, 3.05) is 20.8 Å². The molecule has 1 amide bonds. The van der Waals surface area contributed by atoms with Crippen molar-refractivity contribution in [2.45, 2.75) is 31.3 Å². The second kappa shape index (κ2) is 8.82. The Kier molecular flexibility index (Phi) is 6.07. The third-order valence-electron chi connectivity index (χ3n) is 5.55. The van der Waals surface area contributed by atoms with Crippen molar-refractivity contribution in [3.05, 3.63) is 58.6 Å². The summed E-state index contributed by atoms with van der Waals surface area (Å²) in [6.07, 6.45) is -0.350. The maximum absolute atomic E-state index is 12.5. The van der Waals surface area contributed by atoms with Crippen molar-refractivity contribution in [3.63, 3.8) is 0 Å². The van der Waals surface area contributed by atoms with Gasteiger partial charge in [-0.05, 0) is 48.7 Å². The smallest absolute Gasteiger partial charge is 0.453 e. The fourth-order valence-corrected chi connectivity index (χ4v) is 4.06. The number of rotatable bonds is 6. The molecule has 2 aliphatic rings. The van der Waals surface area contributed by atoms with Gasteiger partial charge in [0.05, 0.1) is 20.8 Å². The largest absolute Gasteiger partial charge is 0.463 e. The molecule has 0 spiro atoms. The quantitative estimate of drug-likeness (QED) is 0.356. The molecule has 0 saturated carbocycles. The van der Waals surface area contributed by atoms with Crippen molar-refractivity contribution in [1.29, 1.82) is 0 Å². The molecule has 0 N–H and O–H groups in total. The molecule has 2 aromatic rings. The van der Waals surface area contributed by atoms with Crippen LogP contribution in [0.15, 0.2) is 42.5 Å². The number of fused-ring (bicyclic) bond motifs is 1. The van der Waals surface area contributed by atoms with E-state index in [1.54, 1.807) is 35.2 Å². The zero-order chi connectivity index (χ0) is 23.8. The molecule has 0 aliphatic carbocycles. The first-order valence-corrected chi connectivity index (χ1v) is 10.6. The van der Waals surface area contributed by atoms with Crippen molar-refractivity contribution in [2.24, 2.45) is 0 Å². The summed E-state index contributed by atoms with van der Waals surface area (Å²) in [5, 5.41) is 0.574. The van der Waals surface area contributed by atoms with Crippen molar-refractivity contribution >= 4 is 29.6 Å². The van der Waals surface area contributed by atoms with Crippen LogP contribution in [0.25, 0.3) is 0 Å². The Hall–Kier alpha value is -3.46. The number of carbonyl (C=O) groups excluding carboxylic acids is 3. The molecule has 2 unspecified atom stereocenters. The summed E-state index contributed by atoms with van der Waals surface area (Å²) < 4.78 is 25.9. The number of hydrogen-bond donors (Lipinski definition) is 0. The van der Waals surface area contributed by atoms with Crippen LogP contribution in [0.2, 0.25) is 5.02 Å². The predicted octanol–water partition coefficient (Wildman–Crippen LogP) is 3.28. The van der Waals surface area contributed by atoms with Crippen LogP contribution in [0.3, 0.4) is 0 Å². The Balaban J connectivity index is 1.48. The standard InChI is InChI=1S/C23H22ClNO8/c1-13(25-12-19(31-22(25)28)15-5-4-6-16(24)11-15)9-14-7-8-17-18(10-14)33-23(32-17,20(26)29-2)21(27)30-3/h4-8,10-11,13,19H,9,12H2,1-3H3. The van der Waals surface area contributed by atoms with E-state index in [1.165, 1.54) is 0 Å². The van der Waals surface area contributed by atoms with Gasteiger partial charge in [-0.2, -0.15) is 0 Å². The predicted molar refractivity (Wildman–Crippen MR) is 115 cm³/mol. The molecule has 9 nitrogen and oxygen atoms in total. The number of esters is 2. The molecule has 0 radical (unpaired) electrons. The van der Waals surface area contributed by atoms with E-state index in [9.17, 15) is 14.4 Å². The second-order valence-electron chi connectivity index (χ2n) is 7.72. The summed E-state index contributed by atoms with van der Waals surface area (Å²) in [5.41, 5.74) is 1.63. The molecule has 0 bridgehead atoms. The zero-order valence-corrected chi connectivity index (χ0v) is 19.0. The van der Waals surface area contributed by atoms with E-state index in [2.05, 4.69) is 9.47 Å². The lowest BCUT2D eigenvalue weighted by molar-refractivity contribution is -0.199. The summed E-state index contributed by atoms with van der Waals surface area (Å²) >= 11 is 6.06. The number of benzene rings is 2. The Morgan fingerprint density at radius 2 is 1.82 bits per heavy atom. The Morgan fingerprint density at radius 3 is 2.48 bits per heavy atom. The first-order valence-electron chi connectivity index (χ1n) is 10.2. The van der Waals surface area contributed by atoms with Crippen LogP contribution in [0.5, 0.6) is 11.5 Å². The van der Waals surface area contributed by atoms with Gasteiger partial charge in [0.15, 0.2) is 11.5 Å². The van der Waals surface area contributed by atoms with Crippen LogP contribution < -0.4 is 9.47 Å². The van der Waals surface area contributed by atoms with Gasteiger partial charge in [-0.25, -0.2) is 14.4 Å². The highest BCUT2D eigenvalue weighted by atomic mass is 35.5. The first kappa shape index (κ1) is 22.7. The molecular formula is C23H22ClNO8. The summed E-state index contributed by atoms with van der Waals surface area (Å²) in [5.74, 6) is -4.03. The number of carbonyl (C=O) groups is 3. The molecular weight excluding hydrogens is 454 g/mol. The molecule has 174 valence electrons. The Bertz CT molecular complexity index is 1090.